The van der Waals surface area contributed by atoms with Gasteiger partial charge in [0.2, 0.25) is 5.91 Å². The van der Waals surface area contributed by atoms with Crippen LogP contribution in [0.2, 0.25) is 0 Å². The van der Waals surface area contributed by atoms with Crippen molar-refractivity contribution < 1.29 is 27.9 Å². The van der Waals surface area contributed by atoms with Crippen molar-refractivity contribution in [3.63, 3.8) is 0 Å². The molecule has 0 atom stereocenters. The normalized spacial score (nSPS) is 14.5. The summed E-state index contributed by atoms with van der Waals surface area (Å²) in [5.41, 5.74) is 1.50. The molecule has 0 fully saturated rings. The molecule has 1 aliphatic heterocycles. The predicted octanol–water partition coefficient (Wildman–Crippen LogP) is 4.33. The number of amides is 2. The number of hydrogen-bond acceptors (Lipinski definition) is 2. The molecule has 3 rings (SSSR count). The van der Waals surface area contributed by atoms with E-state index in [4.69, 9.17) is 5.11 Å². The highest BCUT2D eigenvalue weighted by atomic mass is 19.4. The second-order valence-corrected chi connectivity index (χ2v) is 5.43. The molecule has 124 valence electrons. The largest absolute Gasteiger partial charge is 0.464 e. The number of halogens is 3. The Morgan fingerprint density at radius 1 is 1.00 bits per heavy atom. The van der Waals surface area contributed by atoms with E-state index in [1.54, 1.807) is 12.1 Å². The summed E-state index contributed by atoms with van der Waals surface area (Å²) >= 11 is 0. The summed E-state index contributed by atoms with van der Waals surface area (Å²) in [6.45, 7) is 0. The lowest BCUT2D eigenvalue weighted by Gasteiger charge is -2.25. The number of hydrogen-bond donors (Lipinski definition) is 1. The minimum Gasteiger partial charge on any atom is -0.464 e. The summed E-state index contributed by atoms with van der Waals surface area (Å²) < 4.78 is 37.8. The first kappa shape index (κ1) is 16.0. The number of carbonyl (C=O) groups is 2. The van der Waals surface area contributed by atoms with E-state index in [0.717, 1.165) is 12.1 Å². The molecule has 24 heavy (non-hydrogen) atoms. The fourth-order valence-corrected chi connectivity index (χ4v) is 2.73. The van der Waals surface area contributed by atoms with Crippen LogP contribution in [-0.2, 0) is 17.4 Å². The third kappa shape index (κ3) is 2.84. The molecule has 2 aromatic carbocycles. The van der Waals surface area contributed by atoms with Crippen molar-refractivity contribution in [2.75, 3.05) is 4.90 Å². The van der Waals surface area contributed by atoms with Crippen LogP contribution in [0.3, 0.4) is 0 Å². The molecule has 0 unspecified atom stereocenters. The Labute approximate surface area is 135 Å². The maximum absolute atomic E-state index is 12.6. The van der Waals surface area contributed by atoms with Crippen LogP contribution in [0.25, 0.3) is 11.1 Å². The Bertz CT molecular complexity index is 813. The lowest BCUT2D eigenvalue weighted by molar-refractivity contribution is -0.137. The molecule has 4 nitrogen and oxygen atoms in total. The first-order chi connectivity index (χ1) is 11.3. The summed E-state index contributed by atoms with van der Waals surface area (Å²) in [5, 5.41) is 9.15. The SMILES string of the molecule is O=C(O)N1C(=O)CCc2cc(-c3ccc(C(F)(F)F)cc3)ccc21. The van der Waals surface area contributed by atoms with Crippen molar-refractivity contribution in [3.8, 4) is 11.1 Å². The van der Waals surface area contributed by atoms with Crippen LogP contribution in [0, 0.1) is 0 Å². The van der Waals surface area contributed by atoms with Gasteiger partial charge in [0.15, 0.2) is 0 Å². The lowest BCUT2D eigenvalue weighted by Crippen LogP contribution is -2.39. The molecule has 1 aliphatic rings. The van der Waals surface area contributed by atoms with Crippen LogP contribution >= 0.6 is 0 Å². The highest BCUT2D eigenvalue weighted by Crippen LogP contribution is 2.34. The third-order valence-corrected chi connectivity index (χ3v) is 3.91. The fourth-order valence-electron chi connectivity index (χ4n) is 2.73. The Morgan fingerprint density at radius 3 is 2.21 bits per heavy atom. The Hall–Kier alpha value is -2.83. The van der Waals surface area contributed by atoms with Crippen molar-refractivity contribution >= 4 is 17.7 Å². The summed E-state index contributed by atoms with van der Waals surface area (Å²) in [7, 11) is 0. The quantitative estimate of drug-likeness (QED) is 0.844. The zero-order chi connectivity index (χ0) is 17.5. The van der Waals surface area contributed by atoms with Gasteiger partial charge in [0.1, 0.15) is 0 Å². The fraction of sp³-hybridized carbons (Fsp3) is 0.176. The number of anilines is 1. The van der Waals surface area contributed by atoms with Crippen LogP contribution in [0.5, 0.6) is 0 Å². The van der Waals surface area contributed by atoms with Gasteiger partial charge in [0, 0.05) is 6.42 Å². The number of nitrogens with zero attached hydrogens (tertiary/aromatic N) is 1. The number of imide groups is 1. The third-order valence-electron chi connectivity index (χ3n) is 3.91. The highest BCUT2D eigenvalue weighted by molar-refractivity contribution is 6.13. The van der Waals surface area contributed by atoms with Crippen LogP contribution in [-0.4, -0.2) is 17.1 Å². The molecule has 0 saturated heterocycles. The average Bonchev–Trinajstić information content (AvgIpc) is 2.53. The molecular formula is C17H12F3NO3. The first-order valence-corrected chi connectivity index (χ1v) is 7.14. The minimum atomic E-state index is -4.39. The monoisotopic (exact) mass is 335 g/mol. The maximum Gasteiger partial charge on any atom is 0.418 e. The van der Waals surface area contributed by atoms with Gasteiger partial charge in [-0.2, -0.15) is 13.2 Å². The van der Waals surface area contributed by atoms with Crippen molar-refractivity contribution in [2.24, 2.45) is 0 Å². The number of benzene rings is 2. The number of rotatable bonds is 1. The molecule has 0 spiro atoms. The van der Waals surface area contributed by atoms with Crippen LogP contribution in [0.4, 0.5) is 23.7 Å². The number of aryl methyl sites for hydroxylation is 1. The number of carbonyl (C=O) groups excluding carboxylic acids is 1. The van der Waals surface area contributed by atoms with E-state index in [1.165, 1.54) is 18.2 Å². The van der Waals surface area contributed by atoms with Gasteiger partial charge in [0.25, 0.3) is 0 Å². The molecule has 0 aliphatic carbocycles. The summed E-state index contributed by atoms with van der Waals surface area (Å²) in [4.78, 5) is 23.6. The molecule has 0 saturated carbocycles. The zero-order valence-corrected chi connectivity index (χ0v) is 12.3. The second-order valence-electron chi connectivity index (χ2n) is 5.43. The zero-order valence-electron chi connectivity index (χ0n) is 12.3. The summed E-state index contributed by atoms with van der Waals surface area (Å²) in [5.74, 6) is -0.489. The van der Waals surface area contributed by atoms with E-state index in [-0.39, 0.29) is 6.42 Å². The van der Waals surface area contributed by atoms with Gasteiger partial charge >= 0.3 is 12.3 Å². The van der Waals surface area contributed by atoms with Gasteiger partial charge in [-0.25, -0.2) is 9.69 Å². The standard InChI is InChI=1S/C17H12F3NO3/c18-17(19,20)13-5-1-10(2-6-13)11-3-7-14-12(9-11)4-8-15(22)21(14)16(23)24/h1-3,5-7,9H,4,8H2,(H,23,24). The van der Waals surface area contributed by atoms with Gasteiger partial charge in [-0.3, -0.25) is 4.79 Å². The van der Waals surface area contributed by atoms with Gasteiger partial charge in [-0.1, -0.05) is 18.2 Å². The molecule has 1 heterocycles. The Kier molecular flexibility index (Phi) is 3.79. The lowest BCUT2D eigenvalue weighted by atomic mass is 9.95. The van der Waals surface area contributed by atoms with Crippen molar-refractivity contribution in [1.29, 1.82) is 0 Å². The second kappa shape index (κ2) is 5.67. The number of alkyl halides is 3. The first-order valence-electron chi connectivity index (χ1n) is 7.14. The van der Waals surface area contributed by atoms with E-state index >= 15 is 0 Å². The molecule has 7 heteroatoms. The van der Waals surface area contributed by atoms with Crippen LogP contribution in [0.15, 0.2) is 42.5 Å². The smallest absolute Gasteiger partial charge is 0.418 e. The maximum atomic E-state index is 12.6. The highest BCUT2D eigenvalue weighted by Gasteiger charge is 2.31. The average molecular weight is 335 g/mol. The van der Waals surface area contributed by atoms with Crippen molar-refractivity contribution in [1.82, 2.24) is 0 Å². The molecule has 1 N–H and O–H groups in total. The van der Waals surface area contributed by atoms with Crippen LogP contribution in [0.1, 0.15) is 17.5 Å². The van der Waals surface area contributed by atoms with E-state index in [2.05, 4.69) is 0 Å². The minimum absolute atomic E-state index is 0.0791. The Morgan fingerprint density at radius 2 is 1.62 bits per heavy atom. The van der Waals surface area contributed by atoms with E-state index in [0.29, 0.717) is 33.7 Å². The predicted molar refractivity (Wildman–Crippen MR) is 80.7 cm³/mol. The van der Waals surface area contributed by atoms with Crippen molar-refractivity contribution in [3.05, 3.63) is 53.6 Å². The van der Waals surface area contributed by atoms with Crippen molar-refractivity contribution in [2.45, 2.75) is 19.0 Å². The van der Waals surface area contributed by atoms with Gasteiger partial charge in [-0.05, 0) is 47.4 Å². The van der Waals surface area contributed by atoms with Crippen LogP contribution < -0.4 is 4.90 Å². The number of fused-ring (bicyclic) bond motifs is 1. The van der Waals surface area contributed by atoms with E-state index in [9.17, 15) is 22.8 Å². The van der Waals surface area contributed by atoms with Gasteiger partial charge in [-0.15, -0.1) is 0 Å². The molecule has 0 radical (unpaired) electrons. The summed E-state index contributed by atoms with van der Waals surface area (Å²) in [6.07, 6.45) is -5.26. The summed E-state index contributed by atoms with van der Waals surface area (Å²) in [6, 6.07) is 9.55. The van der Waals surface area contributed by atoms with E-state index < -0.39 is 23.7 Å². The molecule has 2 aromatic rings. The molecular weight excluding hydrogens is 323 g/mol. The van der Waals surface area contributed by atoms with E-state index in [1.807, 2.05) is 0 Å². The number of carboxylic acid groups (broad SMARTS) is 1. The van der Waals surface area contributed by atoms with Gasteiger partial charge in [0.05, 0.1) is 11.3 Å². The Balaban J connectivity index is 1.97. The van der Waals surface area contributed by atoms with Gasteiger partial charge < -0.3 is 5.11 Å². The molecule has 2 amide bonds. The molecule has 0 bridgehead atoms. The molecule has 0 aromatic heterocycles. The topological polar surface area (TPSA) is 57.6 Å².